The minimum Gasteiger partial charge on any atom is -0.463 e. The molecule has 0 saturated carbocycles. The molecule has 0 aliphatic rings. The first kappa shape index (κ1) is 23.4. The Morgan fingerprint density at radius 2 is 1.96 bits per heavy atom. The van der Waals surface area contributed by atoms with Crippen LogP contribution in [0, 0.1) is 5.92 Å². The second-order valence-corrected chi connectivity index (χ2v) is 6.90. The number of likely N-dealkylation sites (N-methyl/N-ethyl adjacent to an activating group) is 1. The highest BCUT2D eigenvalue weighted by molar-refractivity contribution is 5.96. The third-order valence-electron chi connectivity index (χ3n) is 4.37. The van der Waals surface area contributed by atoms with Crippen molar-refractivity contribution < 1.29 is 19.1 Å². The molecule has 3 N–H and O–H groups in total. The van der Waals surface area contributed by atoms with Gasteiger partial charge in [0, 0.05) is 24.7 Å². The number of nitrogens with two attached hydrogens (primary N) is 1. The van der Waals surface area contributed by atoms with E-state index in [9.17, 15) is 14.4 Å². The van der Waals surface area contributed by atoms with Gasteiger partial charge in [-0.2, -0.15) is 0 Å². The van der Waals surface area contributed by atoms with E-state index in [1.165, 1.54) is 4.90 Å². The summed E-state index contributed by atoms with van der Waals surface area (Å²) in [5.74, 6) is -0.913. The molecule has 0 aliphatic heterocycles. The Morgan fingerprint density at radius 3 is 2.54 bits per heavy atom. The quantitative estimate of drug-likeness (QED) is 0.496. The fraction of sp³-hybridized carbons (Fsp3) is 0.476. The molecule has 0 spiro atoms. The number of nitrogens with one attached hydrogen (secondary N) is 1. The van der Waals surface area contributed by atoms with Crippen LogP contribution < -0.4 is 11.1 Å². The van der Waals surface area contributed by atoms with Crippen molar-refractivity contribution in [2.75, 3.05) is 20.2 Å². The molecule has 1 rings (SSSR count). The third kappa shape index (κ3) is 6.81. The fourth-order valence-electron chi connectivity index (χ4n) is 2.71. The van der Waals surface area contributed by atoms with Crippen molar-refractivity contribution in [1.29, 1.82) is 0 Å². The molecule has 7 heteroatoms. The summed E-state index contributed by atoms with van der Waals surface area (Å²) in [5, 5.41) is 2.64. The predicted molar refractivity (Wildman–Crippen MR) is 108 cm³/mol. The van der Waals surface area contributed by atoms with E-state index in [-0.39, 0.29) is 30.3 Å². The predicted octanol–water partition coefficient (Wildman–Crippen LogP) is 1.87. The maximum absolute atomic E-state index is 12.6. The van der Waals surface area contributed by atoms with E-state index in [0.717, 1.165) is 5.56 Å². The first-order valence-electron chi connectivity index (χ1n) is 9.39. The van der Waals surface area contributed by atoms with Crippen molar-refractivity contribution in [1.82, 2.24) is 10.2 Å². The smallest absolute Gasteiger partial charge is 0.333 e. The van der Waals surface area contributed by atoms with Crippen LogP contribution in [0.1, 0.15) is 43.6 Å². The summed E-state index contributed by atoms with van der Waals surface area (Å²) in [5.41, 5.74) is 7.34. The van der Waals surface area contributed by atoms with Gasteiger partial charge in [-0.25, -0.2) is 4.79 Å². The van der Waals surface area contributed by atoms with Crippen molar-refractivity contribution >= 4 is 17.8 Å². The Labute approximate surface area is 166 Å². The standard InChI is InChI=1S/C21H31N3O4/c1-6-28-21(27)15(4)10-18(14(2)3)24(5)19(25)13-23-20(26)17-9-7-8-16(11-17)12-22/h7-11,14,18H,6,12-13,22H2,1-5H3,(H,23,26)/t18-/m1/s1. The average molecular weight is 389 g/mol. The lowest BCUT2D eigenvalue weighted by molar-refractivity contribution is -0.138. The summed E-state index contributed by atoms with van der Waals surface area (Å²) in [4.78, 5) is 38.2. The van der Waals surface area contributed by atoms with Crippen LogP contribution >= 0.6 is 0 Å². The molecule has 0 unspecified atom stereocenters. The highest BCUT2D eigenvalue weighted by Gasteiger charge is 2.23. The molecule has 1 aromatic rings. The normalized spacial score (nSPS) is 12.5. The number of amides is 2. The summed E-state index contributed by atoms with van der Waals surface area (Å²) in [6.45, 7) is 7.82. The van der Waals surface area contributed by atoms with Gasteiger partial charge < -0.3 is 20.7 Å². The van der Waals surface area contributed by atoms with E-state index in [4.69, 9.17) is 10.5 Å². The minimum atomic E-state index is -0.401. The zero-order valence-corrected chi connectivity index (χ0v) is 17.3. The summed E-state index contributed by atoms with van der Waals surface area (Å²) in [6.07, 6.45) is 1.73. The highest BCUT2D eigenvalue weighted by Crippen LogP contribution is 2.14. The molecule has 28 heavy (non-hydrogen) atoms. The van der Waals surface area contributed by atoms with Crippen LogP contribution in [0.15, 0.2) is 35.9 Å². The molecule has 0 aromatic heterocycles. The van der Waals surface area contributed by atoms with Gasteiger partial charge in [-0.05, 0) is 37.5 Å². The number of hydrogen-bond acceptors (Lipinski definition) is 5. The Bertz CT molecular complexity index is 728. The van der Waals surface area contributed by atoms with Gasteiger partial charge in [0.2, 0.25) is 5.91 Å². The molecule has 2 amide bonds. The SMILES string of the molecule is CCOC(=O)C(C)=C[C@H](C(C)C)N(C)C(=O)CNC(=O)c1cccc(CN)c1. The lowest BCUT2D eigenvalue weighted by Crippen LogP contribution is -2.44. The van der Waals surface area contributed by atoms with Crippen molar-refractivity contribution in [2.24, 2.45) is 11.7 Å². The summed E-state index contributed by atoms with van der Waals surface area (Å²) in [7, 11) is 1.66. The summed E-state index contributed by atoms with van der Waals surface area (Å²) < 4.78 is 4.99. The van der Waals surface area contributed by atoms with Gasteiger partial charge in [-0.1, -0.05) is 32.1 Å². The van der Waals surface area contributed by atoms with Gasteiger partial charge in [0.25, 0.3) is 5.91 Å². The monoisotopic (exact) mass is 389 g/mol. The zero-order valence-electron chi connectivity index (χ0n) is 17.3. The molecule has 0 saturated heterocycles. The maximum Gasteiger partial charge on any atom is 0.333 e. The van der Waals surface area contributed by atoms with E-state index >= 15 is 0 Å². The summed E-state index contributed by atoms with van der Waals surface area (Å²) in [6, 6.07) is 6.66. The van der Waals surface area contributed by atoms with Crippen molar-refractivity contribution in [3.8, 4) is 0 Å². The number of ether oxygens (including phenoxy) is 1. The summed E-state index contributed by atoms with van der Waals surface area (Å²) >= 11 is 0. The van der Waals surface area contributed by atoms with Crippen LogP contribution in [0.4, 0.5) is 0 Å². The van der Waals surface area contributed by atoms with Crippen LogP contribution in [-0.2, 0) is 20.9 Å². The van der Waals surface area contributed by atoms with E-state index in [0.29, 0.717) is 24.3 Å². The van der Waals surface area contributed by atoms with Gasteiger partial charge in [0.05, 0.1) is 19.2 Å². The number of hydrogen-bond donors (Lipinski definition) is 2. The van der Waals surface area contributed by atoms with E-state index in [2.05, 4.69) is 5.32 Å². The molecule has 154 valence electrons. The molecular weight excluding hydrogens is 358 g/mol. The molecule has 1 aromatic carbocycles. The highest BCUT2D eigenvalue weighted by atomic mass is 16.5. The van der Waals surface area contributed by atoms with Crippen LogP contribution in [0.3, 0.4) is 0 Å². The molecule has 0 heterocycles. The van der Waals surface area contributed by atoms with Gasteiger partial charge >= 0.3 is 5.97 Å². The molecule has 0 aliphatic carbocycles. The Morgan fingerprint density at radius 1 is 1.29 bits per heavy atom. The van der Waals surface area contributed by atoms with Gasteiger partial charge in [0.15, 0.2) is 0 Å². The number of benzene rings is 1. The zero-order chi connectivity index (χ0) is 21.3. The van der Waals surface area contributed by atoms with Crippen LogP contribution in [0.25, 0.3) is 0 Å². The lowest BCUT2D eigenvalue weighted by atomic mass is 10.00. The Balaban J connectivity index is 2.78. The number of esters is 1. The van der Waals surface area contributed by atoms with Crippen LogP contribution in [-0.4, -0.2) is 48.9 Å². The van der Waals surface area contributed by atoms with Gasteiger partial charge in [-0.3, -0.25) is 9.59 Å². The number of rotatable bonds is 9. The second kappa shape index (κ2) is 11.2. The average Bonchev–Trinajstić information content (AvgIpc) is 2.69. The molecule has 7 nitrogen and oxygen atoms in total. The second-order valence-electron chi connectivity index (χ2n) is 6.90. The first-order chi connectivity index (χ1) is 13.2. The Hall–Kier alpha value is -2.67. The Kier molecular flexibility index (Phi) is 9.38. The van der Waals surface area contributed by atoms with E-state index < -0.39 is 5.97 Å². The molecule has 0 fully saturated rings. The van der Waals surface area contributed by atoms with Crippen LogP contribution in [0.5, 0.6) is 0 Å². The number of carbonyl (C=O) groups excluding carboxylic acids is 3. The fourth-order valence-corrected chi connectivity index (χ4v) is 2.71. The van der Waals surface area contributed by atoms with Gasteiger partial charge in [-0.15, -0.1) is 0 Å². The van der Waals surface area contributed by atoms with E-state index in [1.807, 2.05) is 19.9 Å². The number of carbonyl (C=O) groups is 3. The van der Waals surface area contributed by atoms with E-state index in [1.54, 1.807) is 45.2 Å². The molecule has 0 bridgehead atoms. The minimum absolute atomic E-state index is 0.0789. The largest absolute Gasteiger partial charge is 0.463 e. The van der Waals surface area contributed by atoms with Crippen molar-refractivity contribution in [3.05, 3.63) is 47.0 Å². The van der Waals surface area contributed by atoms with Crippen LogP contribution in [0.2, 0.25) is 0 Å². The lowest BCUT2D eigenvalue weighted by Gasteiger charge is -2.29. The van der Waals surface area contributed by atoms with Crippen molar-refractivity contribution in [3.63, 3.8) is 0 Å². The van der Waals surface area contributed by atoms with Crippen molar-refractivity contribution in [2.45, 2.75) is 40.3 Å². The molecule has 0 radical (unpaired) electrons. The van der Waals surface area contributed by atoms with Gasteiger partial charge in [0.1, 0.15) is 0 Å². The molecular formula is C21H31N3O4. The molecule has 1 atom stereocenters. The topological polar surface area (TPSA) is 102 Å². The first-order valence-corrected chi connectivity index (χ1v) is 9.39. The maximum atomic E-state index is 12.6. The third-order valence-corrected chi connectivity index (χ3v) is 4.37. The number of nitrogens with zero attached hydrogens (tertiary/aromatic N) is 1.